The Labute approximate surface area is 155 Å². The molecule has 0 atom stereocenters. The van der Waals surface area contributed by atoms with E-state index in [-0.39, 0.29) is 11.8 Å². The van der Waals surface area contributed by atoms with Crippen molar-refractivity contribution in [3.63, 3.8) is 0 Å². The second-order valence-electron chi connectivity index (χ2n) is 5.30. The molecule has 4 rings (SSSR count). The lowest BCUT2D eigenvalue weighted by atomic mass is 10.2. The van der Waals surface area contributed by atoms with Crippen molar-refractivity contribution in [3.8, 4) is 0 Å². The van der Waals surface area contributed by atoms with E-state index in [1.54, 1.807) is 29.5 Å². The largest absolute Gasteiger partial charge is 0.325 e. The van der Waals surface area contributed by atoms with Crippen LogP contribution in [0.3, 0.4) is 0 Å². The number of hydrogen-bond donors (Lipinski definition) is 2. The van der Waals surface area contributed by atoms with Gasteiger partial charge in [0, 0.05) is 24.2 Å². The molecule has 0 saturated carbocycles. The van der Waals surface area contributed by atoms with Gasteiger partial charge in [-0.1, -0.05) is 11.6 Å². The molecular formula is C16H11ClN4O2S2. The average molecular weight is 391 g/mol. The number of hydrogen-bond acceptors (Lipinski definition) is 5. The van der Waals surface area contributed by atoms with Gasteiger partial charge in [0.15, 0.2) is 4.96 Å². The van der Waals surface area contributed by atoms with Gasteiger partial charge in [0.05, 0.1) is 21.1 Å². The first-order valence-electron chi connectivity index (χ1n) is 7.25. The number of thiophene rings is 1. The number of rotatable bonds is 3. The van der Waals surface area contributed by atoms with Gasteiger partial charge in [-0.3, -0.25) is 14.0 Å². The molecule has 2 N–H and O–H groups in total. The maximum atomic E-state index is 12.5. The normalized spacial score (nSPS) is 11.1. The maximum absolute atomic E-state index is 12.5. The van der Waals surface area contributed by atoms with Crippen LogP contribution in [0.5, 0.6) is 0 Å². The second kappa shape index (κ2) is 6.14. The molecule has 2 amide bonds. The van der Waals surface area contributed by atoms with Gasteiger partial charge in [-0.25, -0.2) is 4.98 Å². The Morgan fingerprint density at radius 2 is 2.08 bits per heavy atom. The van der Waals surface area contributed by atoms with E-state index in [0.717, 1.165) is 15.3 Å². The van der Waals surface area contributed by atoms with Crippen LogP contribution in [-0.4, -0.2) is 21.2 Å². The van der Waals surface area contributed by atoms with Crippen molar-refractivity contribution < 1.29 is 9.59 Å². The van der Waals surface area contributed by atoms with Crippen LogP contribution in [0.15, 0.2) is 35.8 Å². The lowest BCUT2D eigenvalue weighted by Crippen LogP contribution is -2.11. The molecule has 4 aromatic rings. The van der Waals surface area contributed by atoms with Gasteiger partial charge >= 0.3 is 0 Å². The Balaban J connectivity index is 1.58. The molecule has 0 aliphatic rings. The number of benzene rings is 1. The minimum absolute atomic E-state index is 0.208. The van der Waals surface area contributed by atoms with Gasteiger partial charge in [-0.2, -0.15) is 0 Å². The molecule has 0 spiro atoms. The number of thiazole rings is 1. The van der Waals surface area contributed by atoms with E-state index in [4.69, 9.17) is 11.6 Å². The molecule has 126 valence electrons. The van der Waals surface area contributed by atoms with Crippen molar-refractivity contribution in [3.05, 3.63) is 45.7 Å². The summed E-state index contributed by atoms with van der Waals surface area (Å²) in [6, 6.07) is 6.76. The van der Waals surface area contributed by atoms with Gasteiger partial charge in [0.1, 0.15) is 4.83 Å². The Morgan fingerprint density at radius 1 is 1.24 bits per heavy atom. The van der Waals surface area contributed by atoms with Gasteiger partial charge in [-0.15, -0.1) is 22.7 Å². The van der Waals surface area contributed by atoms with Crippen molar-refractivity contribution >= 4 is 72.8 Å². The predicted molar refractivity (Wildman–Crippen MR) is 102 cm³/mol. The molecule has 3 aromatic heterocycles. The Kier molecular flexibility index (Phi) is 3.95. The van der Waals surface area contributed by atoms with E-state index in [1.165, 1.54) is 18.3 Å². The van der Waals surface area contributed by atoms with E-state index in [0.29, 0.717) is 21.3 Å². The molecule has 25 heavy (non-hydrogen) atoms. The summed E-state index contributed by atoms with van der Waals surface area (Å²) in [5.74, 6) is -0.434. The first kappa shape index (κ1) is 16.1. The maximum Gasteiger partial charge on any atom is 0.265 e. The van der Waals surface area contributed by atoms with Crippen LogP contribution in [0.1, 0.15) is 16.6 Å². The number of halogens is 1. The molecular weight excluding hydrogens is 380 g/mol. The van der Waals surface area contributed by atoms with Crippen LogP contribution in [0, 0.1) is 0 Å². The van der Waals surface area contributed by atoms with Crippen molar-refractivity contribution in [2.75, 3.05) is 10.6 Å². The van der Waals surface area contributed by atoms with Crippen LogP contribution >= 0.6 is 34.3 Å². The Bertz CT molecular complexity index is 1130. The monoisotopic (exact) mass is 390 g/mol. The number of aromatic nitrogens is 2. The number of carbonyl (C=O) groups is 2. The lowest BCUT2D eigenvalue weighted by molar-refractivity contribution is -0.114. The minimum Gasteiger partial charge on any atom is -0.325 e. The Morgan fingerprint density at radius 3 is 2.84 bits per heavy atom. The minimum atomic E-state index is -0.227. The summed E-state index contributed by atoms with van der Waals surface area (Å²) in [4.78, 5) is 30.4. The van der Waals surface area contributed by atoms with Crippen LogP contribution in [-0.2, 0) is 4.79 Å². The molecule has 6 nitrogen and oxygen atoms in total. The van der Waals surface area contributed by atoms with Crippen LogP contribution in [0.25, 0.3) is 15.3 Å². The molecule has 3 heterocycles. The van der Waals surface area contributed by atoms with Gasteiger partial charge in [-0.05, 0) is 24.3 Å². The first-order chi connectivity index (χ1) is 12.0. The zero-order chi connectivity index (χ0) is 17.6. The number of fused-ring (bicyclic) bond motifs is 3. The van der Waals surface area contributed by atoms with E-state index in [1.807, 2.05) is 22.0 Å². The van der Waals surface area contributed by atoms with Gasteiger partial charge < -0.3 is 10.6 Å². The van der Waals surface area contributed by atoms with Crippen molar-refractivity contribution in [1.82, 2.24) is 9.38 Å². The summed E-state index contributed by atoms with van der Waals surface area (Å²) >= 11 is 9.03. The highest BCUT2D eigenvalue weighted by Crippen LogP contribution is 2.30. The number of nitrogens with zero attached hydrogens (tertiary/aromatic N) is 2. The molecule has 0 aliphatic carbocycles. The average Bonchev–Trinajstić information content (AvgIpc) is 3.21. The fraction of sp³-hybridized carbons (Fsp3) is 0.0625. The topological polar surface area (TPSA) is 75.5 Å². The number of imidazole rings is 1. The molecule has 0 unspecified atom stereocenters. The summed E-state index contributed by atoms with van der Waals surface area (Å²) in [5, 5.41) is 7.75. The summed E-state index contributed by atoms with van der Waals surface area (Å²) in [5.41, 5.74) is 1.98. The highest BCUT2D eigenvalue weighted by Gasteiger charge is 2.15. The van der Waals surface area contributed by atoms with Crippen molar-refractivity contribution in [1.29, 1.82) is 0 Å². The predicted octanol–water partition coefficient (Wildman–Crippen LogP) is 4.47. The quantitative estimate of drug-likeness (QED) is 0.541. The molecule has 0 fully saturated rings. The number of nitrogens with one attached hydrogen (secondary N) is 2. The molecule has 9 heteroatoms. The van der Waals surface area contributed by atoms with Crippen LogP contribution in [0.2, 0.25) is 5.02 Å². The second-order valence-corrected chi connectivity index (χ2v) is 7.61. The first-order valence-corrected chi connectivity index (χ1v) is 9.32. The van der Waals surface area contributed by atoms with Crippen LogP contribution < -0.4 is 10.6 Å². The zero-order valence-electron chi connectivity index (χ0n) is 12.9. The summed E-state index contributed by atoms with van der Waals surface area (Å²) in [6.45, 7) is 1.41. The third-order valence-corrected chi connectivity index (χ3v) is 5.59. The highest BCUT2D eigenvalue weighted by atomic mass is 35.5. The fourth-order valence-corrected chi connectivity index (χ4v) is 4.36. The number of carbonyl (C=O) groups excluding carboxylic acids is 2. The van der Waals surface area contributed by atoms with E-state index >= 15 is 0 Å². The highest BCUT2D eigenvalue weighted by molar-refractivity contribution is 7.21. The molecule has 0 radical (unpaired) electrons. The summed E-state index contributed by atoms with van der Waals surface area (Å²) in [7, 11) is 0. The van der Waals surface area contributed by atoms with Crippen molar-refractivity contribution in [2.24, 2.45) is 0 Å². The SMILES string of the molecule is CC(=O)Nc1ccc(NC(=O)c2cc3c(nc4sccn43)s2)cc1Cl. The fourth-order valence-electron chi connectivity index (χ4n) is 2.44. The zero-order valence-corrected chi connectivity index (χ0v) is 15.3. The third kappa shape index (κ3) is 2.99. The van der Waals surface area contributed by atoms with E-state index < -0.39 is 0 Å². The van der Waals surface area contributed by atoms with Crippen molar-refractivity contribution in [2.45, 2.75) is 6.92 Å². The number of amides is 2. The smallest absolute Gasteiger partial charge is 0.265 e. The third-order valence-electron chi connectivity index (χ3n) is 3.50. The standard InChI is InChI=1S/C16H11ClN4O2S2/c1-8(22)18-11-3-2-9(6-10(11)17)19-14(23)13-7-12-15(25-13)20-16-21(12)4-5-24-16/h2-7H,1H3,(H,18,22)(H,19,23). The van der Waals surface area contributed by atoms with Gasteiger partial charge in [0.25, 0.3) is 5.91 Å². The Hall–Kier alpha value is -2.42. The molecule has 0 bridgehead atoms. The molecule has 1 aromatic carbocycles. The summed E-state index contributed by atoms with van der Waals surface area (Å²) < 4.78 is 1.96. The summed E-state index contributed by atoms with van der Waals surface area (Å²) in [6.07, 6.45) is 1.93. The van der Waals surface area contributed by atoms with Gasteiger partial charge in [0.2, 0.25) is 5.91 Å². The van der Waals surface area contributed by atoms with Crippen LogP contribution in [0.4, 0.5) is 11.4 Å². The number of anilines is 2. The molecule has 0 aliphatic heterocycles. The molecule has 0 saturated heterocycles. The van der Waals surface area contributed by atoms with E-state index in [9.17, 15) is 9.59 Å². The lowest BCUT2D eigenvalue weighted by Gasteiger charge is -2.08. The van der Waals surface area contributed by atoms with E-state index in [2.05, 4.69) is 15.6 Å².